The van der Waals surface area contributed by atoms with Gasteiger partial charge in [0.15, 0.2) is 5.96 Å². The summed E-state index contributed by atoms with van der Waals surface area (Å²) in [6.07, 6.45) is 4.99. The maximum atomic E-state index is 9.51. The van der Waals surface area contributed by atoms with Gasteiger partial charge in [0.05, 0.1) is 6.10 Å². The number of nitrogens with one attached hydrogen (secondary N) is 2. The Balaban J connectivity index is 2.10. The highest BCUT2D eigenvalue weighted by Gasteiger charge is 2.15. The lowest BCUT2D eigenvalue weighted by atomic mass is 10.1. The molecule has 1 aliphatic heterocycles. The van der Waals surface area contributed by atoms with Crippen LogP contribution in [0.15, 0.2) is 4.99 Å². The second-order valence-corrected chi connectivity index (χ2v) is 6.02. The highest BCUT2D eigenvalue weighted by atomic mass is 16.5. The number of ether oxygens (including phenoxy) is 1. The Morgan fingerprint density at radius 1 is 1.17 bits per heavy atom. The summed E-state index contributed by atoms with van der Waals surface area (Å²) >= 11 is 0. The number of aliphatic imine (C=N–C) groups is 1. The smallest absolute Gasteiger partial charge is 0.191 e. The molecule has 1 rings (SSSR count). The topological polar surface area (TPSA) is 69.1 Å². The first-order valence-corrected chi connectivity index (χ1v) is 9.26. The van der Waals surface area contributed by atoms with Gasteiger partial charge in [-0.2, -0.15) is 0 Å². The SMILES string of the molecule is CCNC(=NCCCN1CCC(O)CC1)NCCCCOCC. The van der Waals surface area contributed by atoms with Gasteiger partial charge >= 0.3 is 0 Å². The van der Waals surface area contributed by atoms with Crippen molar-refractivity contribution in [3.8, 4) is 0 Å². The Labute approximate surface area is 141 Å². The summed E-state index contributed by atoms with van der Waals surface area (Å²) in [5.41, 5.74) is 0. The Morgan fingerprint density at radius 3 is 2.65 bits per heavy atom. The van der Waals surface area contributed by atoms with Gasteiger partial charge in [0.25, 0.3) is 0 Å². The molecule has 0 bridgehead atoms. The van der Waals surface area contributed by atoms with Crippen LogP contribution in [0.25, 0.3) is 0 Å². The van der Waals surface area contributed by atoms with E-state index in [9.17, 15) is 5.11 Å². The number of unbranched alkanes of at least 4 members (excludes halogenated alkanes) is 1. The summed E-state index contributed by atoms with van der Waals surface area (Å²) in [5, 5.41) is 16.2. The number of rotatable bonds is 11. The van der Waals surface area contributed by atoms with Gasteiger partial charge in [-0.15, -0.1) is 0 Å². The maximum absolute atomic E-state index is 9.51. The molecule has 6 nitrogen and oxygen atoms in total. The van der Waals surface area contributed by atoms with E-state index in [2.05, 4.69) is 27.4 Å². The van der Waals surface area contributed by atoms with Crippen molar-refractivity contribution in [2.24, 2.45) is 4.99 Å². The largest absolute Gasteiger partial charge is 0.393 e. The number of likely N-dealkylation sites (tertiary alicyclic amines) is 1. The van der Waals surface area contributed by atoms with Crippen LogP contribution in [0.1, 0.15) is 46.0 Å². The fourth-order valence-corrected chi connectivity index (χ4v) is 2.65. The fraction of sp³-hybridized carbons (Fsp3) is 0.941. The number of hydrogen-bond donors (Lipinski definition) is 3. The molecule has 0 radical (unpaired) electrons. The third-order valence-corrected chi connectivity index (χ3v) is 4.02. The van der Waals surface area contributed by atoms with E-state index in [0.717, 1.165) is 90.5 Å². The molecule has 0 amide bonds. The summed E-state index contributed by atoms with van der Waals surface area (Å²) in [5.74, 6) is 0.915. The van der Waals surface area contributed by atoms with Crippen molar-refractivity contribution in [1.29, 1.82) is 0 Å². The van der Waals surface area contributed by atoms with Crippen molar-refractivity contribution in [2.75, 3.05) is 52.5 Å². The highest BCUT2D eigenvalue weighted by molar-refractivity contribution is 5.79. The van der Waals surface area contributed by atoms with Crippen molar-refractivity contribution in [3.05, 3.63) is 0 Å². The molecule has 23 heavy (non-hydrogen) atoms. The molecular weight excluding hydrogens is 292 g/mol. The van der Waals surface area contributed by atoms with E-state index in [4.69, 9.17) is 4.74 Å². The molecular formula is C17H36N4O2. The lowest BCUT2D eigenvalue weighted by Gasteiger charge is -2.29. The molecule has 0 aromatic carbocycles. The number of hydrogen-bond acceptors (Lipinski definition) is 4. The zero-order valence-electron chi connectivity index (χ0n) is 15.0. The standard InChI is InChI=1S/C17H36N4O2/c1-3-18-17(19-10-5-6-15-23-4-2)20-11-7-12-21-13-8-16(22)9-14-21/h16,22H,3-15H2,1-2H3,(H2,18,19,20). The predicted molar refractivity (Wildman–Crippen MR) is 96.0 cm³/mol. The third-order valence-electron chi connectivity index (χ3n) is 4.02. The van der Waals surface area contributed by atoms with Crippen LogP contribution in [0.5, 0.6) is 0 Å². The quantitative estimate of drug-likeness (QED) is 0.302. The first-order chi connectivity index (χ1) is 11.3. The molecule has 1 aliphatic rings. The van der Waals surface area contributed by atoms with Crippen LogP contribution < -0.4 is 10.6 Å². The number of aliphatic hydroxyl groups excluding tert-OH is 1. The van der Waals surface area contributed by atoms with E-state index < -0.39 is 0 Å². The van der Waals surface area contributed by atoms with Crippen LogP contribution >= 0.6 is 0 Å². The van der Waals surface area contributed by atoms with E-state index in [0.29, 0.717) is 0 Å². The summed E-state index contributed by atoms with van der Waals surface area (Å²) < 4.78 is 5.34. The monoisotopic (exact) mass is 328 g/mol. The molecule has 136 valence electrons. The summed E-state index contributed by atoms with van der Waals surface area (Å²) in [6.45, 7) is 11.5. The van der Waals surface area contributed by atoms with Crippen LogP contribution in [0.4, 0.5) is 0 Å². The molecule has 3 N–H and O–H groups in total. The van der Waals surface area contributed by atoms with E-state index in [-0.39, 0.29) is 6.10 Å². The molecule has 1 saturated heterocycles. The van der Waals surface area contributed by atoms with Crippen molar-refractivity contribution in [3.63, 3.8) is 0 Å². The zero-order valence-corrected chi connectivity index (χ0v) is 15.0. The Bertz CT molecular complexity index is 305. The molecule has 0 saturated carbocycles. The number of nitrogens with zero attached hydrogens (tertiary/aromatic N) is 2. The Morgan fingerprint density at radius 2 is 1.96 bits per heavy atom. The average molecular weight is 329 g/mol. The minimum absolute atomic E-state index is 0.0865. The van der Waals surface area contributed by atoms with E-state index >= 15 is 0 Å². The molecule has 0 atom stereocenters. The van der Waals surface area contributed by atoms with Crippen molar-refractivity contribution >= 4 is 5.96 Å². The Kier molecular flexibility index (Phi) is 11.9. The molecule has 0 spiro atoms. The van der Waals surface area contributed by atoms with E-state index in [1.165, 1.54) is 0 Å². The van der Waals surface area contributed by atoms with Gasteiger partial charge in [0, 0.05) is 45.9 Å². The maximum Gasteiger partial charge on any atom is 0.191 e. The molecule has 0 aromatic rings. The van der Waals surface area contributed by atoms with Crippen LogP contribution in [0.3, 0.4) is 0 Å². The van der Waals surface area contributed by atoms with Gasteiger partial charge in [-0.3, -0.25) is 4.99 Å². The molecule has 6 heteroatoms. The van der Waals surface area contributed by atoms with Crippen molar-refractivity contribution in [2.45, 2.75) is 52.1 Å². The van der Waals surface area contributed by atoms with Gasteiger partial charge < -0.3 is 25.4 Å². The average Bonchev–Trinajstić information content (AvgIpc) is 2.56. The molecule has 0 aliphatic carbocycles. The van der Waals surface area contributed by atoms with E-state index in [1.54, 1.807) is 0 Å². The van der Waals surface area contributed by atoms with E-state index in [1.807, 2.05) is 6.92 Å². The first-order valence-electron chi connectivity index (χ1n) is 9.26. The van der Waals surface area contributed by atoms with Gasteiger partial charge in [-0.25, -0.2) is 0 Å². The summed E-state index contributed by atoms with van der Waals surface area (Å²) in [7, 11) is 0. The first kappa shape index (κ1) is 20.2. The minimum Gasteiger partial charge on any atom is -0.393 e. The van der Waals surface area contributed by atoms with Crippen LogP contribution in [0.2, 0.25) is 0 Å². The fourth-order valence-electron chi connectivity index (χ4n) is 2.65. The Hall–Kier alpha value is -0.850. The number of piperidine rings is 1. The number of guanidine groups is 1. The summed E-state index contributed by atoms with van der Waals surface area (Å²) in [4.78, 5) is 7.06. The van der Waals surface area contributed by atoms with Gasteiger partial charge in [-0.05, 0) is 52.5 Å². The lowest BCUT2D eigenvalue weighted by molar-refractivity contribution is 0.0824. The second kappa shape index (κ2) is 13.6. The van der Waals surface area contributed by atoms with Gasteiger partial charge in [0.1, 0.15) is 0 Å². The summed E-state index contributed by atoms with van der Waals surface area (Å²) in [6, 6.07) is 0. The minimum atomic E-state index is -0.0865. The van der Waals surface area contributed by atoms with Crippen molar-refractivity contribution < 1.29 is 9.84 Å². The van der Waals surface area contributed by atoms with Gasteiger partial charge in [0.2, 0.25) is 0 Å². The molecule has 1 heterocycles. The zero-order chi connectivity index (χ0) is 16.8. The van der Waals surface area contributed by atoms with Crippen molar-refractivity contribution in [1.82, 2.24) is 15.5 Å². The molecule has 0 aromatic heterocycles. The predicted octanol–water partition coefficient (Wildman–Crippen LogP) is 1.21. The van der Waals surface area contributed by atoms with Crippen LogP contribution in [0, 0.1) is 0 Å². The third kappa shape index (κ3) is 10.5. The highest BCUT2D eigenvalue weighted by Crippen LogP contribution is 2.09. The van der Waals surface area contributed by atoms with Crippen LogP contribution in [-0.2, 0) is 4.74 Å². The lowest BCUT2D eigenvalue weighted by Crippen LogP contribution is -2.38. The molecule has 0 unspecified atom stereocenters. The molecule has 1 fully saturated rings. The number of aliphatic hydroxyl groups is 1. The normalized spacial score (nSPS) is 17.4. The van der Waals surface area contributed by atoms with Crippen LogP contribution in [-0.4, -0.2) is 74.6 Å². The second-order valence-electron chi connectivity index (χ2n) is 6.02. The van der Waals surface area contributed by atoms with Gasteiger partial charge in [-0.1, -0.05) is 0 Å².